The third kappa shape index (κ3) is 5.01. The first-order valence-electron chi connectivity index (χ1n) is 6.58. The average Bonchev–Trinajstić information content (AvgIpc) is 2.57. The molecule has 1 heterocycles. The maximum atomic E-state index is 11.6. The molecule has 18 heavy (non-hydrogen) atoms. The number of nitrogens with one attached hydrogen (secondary N) is 2. The molecule has 3 amide bonds. The Morgan fingerprint density at radius 3 is 2.67 bits per heavy atom. The number of unbranched alkanes of at least 4 members (excludes halogenated alkanes) is 1. The van der Waals surface area contributed by atoms with E-state index in [0.717, 1.165) is 19.4 Å². The minimum Gasteiger partial charge on any atom is -0.338 e. The van der Waals surface area contributed by atoms with Gasteiger partial charge in [0.15, 0.2) is 0 Å². The molecule has 2 atom stereocenters. The van der Waals surface area contributed by atoms with Crippen molar-refractivity contribution in [2.75, 3.05) is 26.2 Å². The predicted molar refractivity (Wildman–Crippen MR) is 70.0 cm³/mol. The summed E-state index contributed by atoms with van der Waals surface area (Å²) in [5, 5.41) is 4.97. The maximum Gasteiger partial charge on any atom is 0.321 e. The van der Waals surface area contributed by atoms with Crippen LogP contribution in [0.4, 0.5) is 4.79 Å². The molecular formula is C12H24N4O2. The van der Waals surface area contributed by atoms with Gasteiger partial charge in [-0.05, 0) is 12.3 Å². The molecule has 2 unspecified atom stereocenters. The first kappa shape index (κ1) is 14.9. The molecule has 1 fully saturated rings. The van der Waals surface area contributed by atoms with Crippen molar-refractivity contribution >= 4 is 11.9 Å². The number of hydrogen-bond acceptors (Lipinski definition) is 4. The summed E-state index contributed by atoms with van der Waals surface area (Å²) in [7, 11) is 0. The van der Waals surface area contributed by atoms with Crippen LogP contribution in [0.3, 0.4) is 0 Å². The number of imide groups is 1. The summed E-state index contributed by atoms with van der Waals surface area (Å²) < 4.78 is 0. The molecule has 1 saturated heterocycles. The van der Waals surface area contributed by atoms with Crippen LogP contribution in [-0.2, 0) is 4.79 Å². The molecule has 1 aliphatic rings. The smallest absolute Gasteiger partial charge is 0.321 e. The van der Waals surface area contributed by atoms with E-state index < -0.39 is 6.03 Å². The third-order valence-electron chi connectivity index (χ3n) is 3.18. The zero-order valence-electron chi connectivity index (χ0n) is 11.2. The highest BCUT2D eigenvalue weighted by atomic mass is 16.2. The number of amides is 3. The zero-order chi connectivity index (χ0) is 13.5. The van der Waals surface area contributed by atoms with Crippen molar-refractivity contribution < 1.29 is 9.59 Å². The molecule has 0 radical (unpaired) electrons. The van der Waals surface area contributed by atoms with Crippen molar-refractivity contribution in [2.24, 2.45) is 11.7 Å². The van der Waals surface area contributed by atoms with E-state index >= 15 is 0 Å². The van der Waals surface area contributed by atoms with E-state index in [0.29, 0.717) is 19.0 Å². The molecule has 0 aromatic rings. The number of carbonyl (C=O) groups is 2. The van der Waals surface area contributed by atoms with Crippen LogP contribution in [-0.4, -0.2) is 49.1 Å². The van der Waals surface area contributed by atoms with Gasteiger partial charge in [0.25, 0.3) is 0 Å². The van der Waals surface area contributed by atoms with Crippen molar-refractivity contribution in [3.8, 4) is 0 Å². The number of likely N-dealkylation sites (tertiary alicyclic amines) is 1. The van der Waals surface area contributed by atoms with Crippen molar-refractivity contribution in [3.05, 3.63) is 0 Å². The predicted octanol–water partition coefficient (Wildman–Crippen LogP) is -0.109. The van der Waals surface area contributed by atoms with Crippen LogP contribution in [0.2, 0.25) is 0 Å². The Morgan fingerprint density at radius 2 is 2.11 bits per heavy atom. The van der Waals surface area contributed by atoms with Gasteiger partial charge >= 0.3 is 6.03 Å². The molecular weight excluding hydrogens is 232 g/mol. The van der Waals surface area contributed by atoms with Gasteiger partial charge in [-0.25, -0.2) is 4.79 Å². The molecule has 0 bridgehead atoms. The standard InChI is InChI=1S/C12H24N4O2/c1-3-4-5-14-12(18)15-11(17)8-16-6-9(2)10(13)7-16/h9-10H,3-8,13H2,1-2H3,(H2,14,15,17,18). The lowest BCUT2D eigenvalue weighted by molar-refractivity contribution is -0.120. The minimum absolute atomic E-state index is 0.121. The summed E-state index contributed by atoms with van der Waals surface area (Å²) in [6.45, 7) is 6.47. The van der Waals surface area contributed by atoms with Crippen molar-refractivity contribution in [1.82, 2.24) is 15.5 Å². The molecule has 4 N–H and O–H groups in total. The summed E-state index contributed by atoms with van der Waals surface area (Å²) in [6, 6.07) is -0.291. The average molecular weight is 256 g/mol. The summed E-state index contributed by atoms with van der Waals surface area (Å²) >= 11 is 0. The van der Waals surface area contributed by atoms with Gasteiger partial charge in [-0.3, -0.25) is 15.0 Å². The van der Waals surface area contributed by atoms with Crippen LogP contribution in [0.25, 0.3) is 0 Å². The molecule has 0 spiro atoms. The quantitative estimate of drug-likeness (QED) is 0.599. The molecule has 0 saturated carbocycles. The second kappa shape index (κ2) is 7.33. The Labute approximate surface area is 108 Å². The molecule has 6 heteroatoms. The van der Waals surface area contributed by atoms with Gasteiger partial charge in [-0.1, -0.05) is 20.3 Å². The zero-order valence-corrected chi connectivity index (χ0v) is 11.2. The largest absolute Gasteiger partial charge is 0.338 e. The molecule has 1 rings (SSSR count). The van der Waals surface area contributed by atoms with Crippen LogP contribution in [0.1, 0.15) is 26.7 Å². The Morgan fingerprint density at radius 1 is 1.39 bits per heavy atom. The fraction of sp³-hybridized carbons (Fsp3) is 0.833. The Balaban J connectivity index is 2.19. The van der Waals surface area contributed by atoms with E-state index in [-0.39, 0.29) is 18.5 Å². The molecule has 0 aromatic heterocycles. The van der Waals surface area contributed by atoms with Gasteiger partial charge < -0.3 is 11.1 Å². The minimum atomic E-state index is -0.412. The fourth-order valence-electron chi connectivity index (χ4n) is 2.02. The Kier molecular flexibility index (Phi) is 6.07. The topological polar surface area (TPSA) is 87.5 Å². The Bertz CT molecular complexity index is 286. The normalized spacial score (nSPS) is 23.9. The summed E-state index contributed by atoms with van der Waals surface area (Å²) in [5.41, 5.74) is 5.87. The van der Waals surface area contributed by atoms with Crippen LogP contribution < -0.4 is 16.4 Å². The van der Waals surface area contributed by atoms with Gasteiger partial charge in [0.05, 0.1) is 6.54 Å². The second-order valence-corrected chi connectivity index (χ2v) is 4.99. The highest BCUT2D eigenvalue weighted by Crippen LogP contribution is 2.13. The lowest BCUT2D eigenvalue weighted by Gasteiger charge is -2.14. The van der Waals surface area contributed by atoms with E-state index in [1.54, 1.807) is 0 Å². The third-order valence-corrected chi connectivity index (χ3v) is 3.18. The lowest BCUT2D eigenvalue weighted by Crippen LogP contribution is -2.44. The lowest BCUT2D eigenvalue weighted by atomic mass is 10.1. The molecule has 6 nitrogen and oxygen atoms in total. The monoisotopic (exact) mass is 256 g/mol. The molecule has 1 aliphatic heterocycles. The van der Waals surface area contributed by atoms with E-state index in [9.17, 15) is 9.59 Å². The van der Waals surface area contributed by atoms with Crippen molar-refractivity contribution in [2.45, 2.75) is 32.7 Å². The van der Waals surface area contributed by atoms with Gasteiger partial charge in [0.1, 0.15) is 0 Å². The van der Waals surface area contributed by atoms with E-state index in [1.807, 2.05) is 11.8 Å². The molecule has 0 aromatic carbocycles. The number of nitrogens with two attached hydrogens (primary N) is 1. The maximum absolute atomic E-state index is 11.6. The summed E-state index contributed by atoms with van der Waals surface area (Å²) in [5.74, 6) is 0.126. The first-order valence-corrected chi connectivity index (χ1v) is 6.58. The van der Waals surface area contributed by atoms with Gasteiger partial charge in [-0.2, -0.15) is 0 Å². The number of rotatable bonds is 5. The molecule has 0 aliphatic carbocycles. The van der Waals surface area contributed by atoms with E-state index in [4.69, 9.17) is 5.73 Å². The second-order valence-electron chi connectivity index (χ2n) is 4.99. The SMILES string of the molecule is CCCCNC(=O)NC(=O)CN1CC(C)C(N)C1. The van der Waals surface area contributed by atoms with Crippen LogP contribution >= 0.6 is 0 Å². The van der Waals surface area contributed by atoms with Crippen LogP contribution in [0.15, 0.2) is 0 Å². The highest BCUT2D eigenvalue weighted by molar-refractivity contribution is 5.95. The van der Waals surface area contributed by atoms with Crippen molar-refractivity contribution in [3.63, 3.8) is 0 Å². The molecule has 104 valence electrons. The number of hydrogen-bond donors (Lipinski definition) is 3. The first-order chi connectivity index (χ1) is 8.52. The number of carbonyl (C=O) groups excluding carboxylic acids is 2. The highest BCUT2D eigenvalue weighted by Gasteiger charge is 2.27. The summed E-state index contributed by atoms with van der Waals surface area (Å²) in [4.78, 5) is 24.9. The van der Waals surface area contributed by atoms with Gasteiger partial charge in [0.2, 0.25) is 5.91 Å². The summed E-state index contributed by atoms with van der Waals surface area (Å²) in [6.07, 6.45) is 1.93. The fourth-order valence-corrected chi connectivity index (χ4v) is 2.02. The van der Waals surface area contributed by atoms with Gasteiger partial charge in [-0.15, -0.1) is 0 Å². The number of urea groups is 1. The van der Waals surface area contributed by atoms with Gasteiger partial charge in [0, 0.05) is 25.7 Å². The number of nitrogens with zero attached hydrogens (tertiary/aromatic N) is 1. The van der Waals surface area contributed by atoms with Crippen molar-refractivity contribution in [1.29, 1.82) is 0 Å². The Hall–Kier alpha value is -1.14. The van der Waals surface area contributed by atoms with Crippen LogP contribution in [0, 0.1) is 5.92 Å². The van der Waals surface area contributed by atoms with E-state index in [2.05, 4.69) is 17.6 Å². The van der Waals surface area contributed by atoms with Crippen LogP contribution in [0.5, 0.6) is 0 Å². The van der Waals surface area contributed by atoms with E-state index in [1.165, 1.54) is 0 Å².